The minimum Gasteiger partial charge on any atom is -0.406 e. The van der Waals surface area contributed by atoms with Crippen molar-refractivity contribution in [3.63, 3.8) is 0 Å². The summed E-state index contributed by atoms with van der Waals surface area (Å²) < 4.78 is 40.6. The zero-order valence-corrected chi connectivity index (χ0v) is 11.6. The molecule has 1 heterocycles. The van der Waals surface area contributed by atoms with Crippen LogP contribution in [0.25, 0.3) is 0 Å². The molecule has 0 fully saturated rings. The van der Waals surface area contributed by atoms with Crippen molar-refractivity contribution in [1.29, 1.82) is 0 Å². The van der Waals surface area contributed by atoms with Gasteiger partial charge in [0.2, 0.25) is 0 Å². The van der Waals surface area contributed by atoms with Gasteiger partial charge >= 0.3 is 6.36 Å². The van der Waals surface area contributed by atoms with Crippen LogP contribution in [0, 0.1) is 0 Å². The number of halogens is 3. The summed E-state index contributed by atoms with van der Waals surface area (Å²) in [5.41, 5.74) is 0.766. The van der Waals surface area contributed by atoms with Gasteiger partial charge in [-0.2, -0.15) is 0 Å². The van der Waals surface area contributed by atoms with Crippen molar-refractivity contribution in [3.05, 3.63) is 52.2 Å². The van der Waals surface area contributed by atoms with E-state index in [1.54, 1.807) is 30.5 Å². The average Bonchev–Trinajstić information content (AvgIpc) is 2.87. The lowest BCUT2D eigenvalue weighted by atomic mass is 10.0. The summed E-state index contributed by atoms with van der Waals surface area (Å²) in [6.45, 7) is 0. The van der Waals surface area contributed by atoms with Crippen molar-refractivity contribution in [2.75, 3.05) is 7.05 Å². The summed E-state index contributed by atoms with van der Waals surface area (Å²) in [6, 6.07) is 9.98. The predicted molar refractivity (Wildman–Crippen MR) is 72.9 cm³/mol. The fraction of sp³-hybridized carbons (Fsp3) is 0.286. The van der Waals surface area contributed by atoms with Crippen molar-refractivity contribution < 1.29 is 17.9 Å². The minimum atomic E-state index is -4.67. The Morgan fingerprint density at radius 1 is 1.25 bits per heavy atom. The summed E-state index contributed by atoms with van der Waals surface area (Å²) in [6.07, 6.45) is -3.94. The Balaban J connectivity index is 2.15. The smallest absolute Gasteiger partial charge is 0.406 e. The normalized spacial score (nSPS) is 13.2. The van der Waals surface area contributed by atoms with Crippen LogP contribution in [0.15, 0.2) is 41.8 Å². The quantitative estimate of drug-likeness (QED) is 0.896. The first-order chi connectivity index (χ1) is 9.48. The highest BCUT2D eigenvalue weighted by Gasteiger charge is 2.31. The maximum absolute atomic E-state index is 12.2. The van der Waals surface area contributed by atoms with Crippen LogP contribution in [0.2, 0.25) is 0 Å². The molecule has 2 rings (SSSR count). The van der Waals surface area contributed by atoms with E-state index in [1.165, 1.54) is 17.0 Å². The fourth-order valence-corrected chi connectivity index (χ4v) is 2.70. The monoisotopic (exact) mass is 301 g/mol. The molecule has 20 heavy (non-hydrogen) atoms. The Hall–Kier alpha value is -1.53. The molecular weight excluding hydrogens is 287 g/mol. The second kappa shape index (κ2) is 6.28. The van der Waals surface area contributed by atoms with Crippen LogP contribution in [0.5, 0.6) is 5.75 Å². The van der Waals surface area contributed by atoms with Gasteiger partial charge in [-0.3, -0.25) is 0 Å². The van der Waals surface area contributed by atoms with Gasteiger partial charge in [-0.05, 0) is 36.2 Å². The third kappa shape index (κ3) is 4.25. The van der Waals surface area contributed by atoms with Crippen LogP contribution in [0.1, 0.15) is 16.5 Å². The highest BCUT2D eigenvalue weighted by atomic mass is 32.1. The Morgan fingerprint density at radius 2 is 2.05 bits per heavy atom. The molecule has 0 aliphatic heterocycles. The zero-order valence-electron chi connectivity index (χ0n) is 10.8. The molecule has 0 aliphatic carbocycles. The van der Waals surface area contributed by atoms with Crippen LogP contribution in [-0.4, -0.2) is 13.4 Å². The van der Waals surface area contributed by atoms with E-state index in [1.807, 2.05) is 17.5 Å². The molecule has 1 aromatic heterocycles. The number of alkyl halides is 3. The SMILES string of the molecule is CNC(Cc1cccs1)c1cccc(OC(F)(F)F)c1. The number of rotatable bonds is 5. The molecule has 2 aromatic rings. The molecule has 1 aromatic carbocycles. The molecule has 0 amide bonds. The summed E-state index contributed by atoms with van der Waals surface area (Å²) in [5.74, 6) is -0.193. The Labute approximate surface area is 119 Å². The molecular formula is C14H14F3NOS. The maximum Gasteiger partial charge on any atom is 0.573 e. The first-order valence-electron chi connectivity index (χ1n) is 6.03. The van der Waals surface area contributed by atoms with E-state index in [-0.39, 0.29) is 11.8 Å². The van der Waals surface area contributed by atoms with Crippen molar-refractivity contribution in [2.45, 2.75) is 18.8 Å². The Morgan fingerprint density at radius 3 is 2.65 bits per heavy atom. The Kier molecular flexibility index (Phi) is 4.67. The van der Waals surface area contributed by atoms with Gasteiger partial charge in [-0.15, -0.1) is 24.5 Å². The number of likely N-dealkylation sites (N-methyl/N-ethyl adjacent to an activating group) is 1. The highest BCUT2D eigenvalue weighted by molar-refractivity contribution is 7.09. The second-order valence-electron chi connectivity index (χ2n) is 4.25. The predicted octanol–water partition coefficient (Wildman–Crippen LogP) is 4.15. The lowest BCUT2D eigenvalue weighted by Crippen LogP contribution is -2.20. The molecule has 0 radical (unpaired) electrons. The molecule has 6 heteroatoms. The van der Waals surface area contributed by atoms with Crippen LogP contribution >= 0.6 is 11.3 Å². The molecule has 1 unspecified atom stereocenters. The molecule has 108 valence electrons. The number of ether oxygens (including phenoxy) is 1. The molecule has 2 nitrogen and oxygen atoms in total. The number of hydrogen-bond acceptors (Lipinski definition) is 3. The van der Waals surface area contributed by atoms with E-state index in [0.29, 0.717) is 0 Å². The van der Waals surface area contributed by atoms with E-state index in [4.69, 9.17) is 0 Å². The van der Waals surface area contributed by atoms with Crippen LogP contribution in [0.3, 0.4) is 0 Å². The van der Waals surface area contributed by atoms with Crippen LogP contribution in [0.4, 0.5) is 13.2 Å². The van der Waals surface area contributed by atoms with Gasteiger partial charge in [0, 0.05) is 17.3 Å². The van der Waals surface area contributed by atoms with Crippen LogP contribution < -0.4 is 10.1 Å². The topological polar surface area (TPSA) is 21.3 Å². The summed E-state index contributed by atoms with van der Waals surface area (Å²) >= 11 is 1.62. The van der Waals surface area contributed by atoms with Crippen molar-refractivity contribution >= 4 is 11.3 Å². The Bertz CT molecular complexity index is 540. The third-order valence-electron chi connectivity index (χ3n) is 2.83. The van der Waals surface area contributed by atoms with Gasteiger partial charge in [0.15, 0.2) is 0 Å². The molecule has 0 aliphatic rings. The standard InChI is InChI=1S/C14H14F3NOS/c1-18-13(9-12-6-3-7-20-12)10-4-2-5-11(8-10)19-14(15,16)17/h2-8,13,18H,9H2,1H3. The van der Waals surface area contributed by atoms with Gasteiger partial charge in [0.05, 0.1) is 0 Å². The van der Waals surface area contributed by atoms with E-state index in [2.05, 4.69) is 10.1 Å². The molecule has 0 bridgehead atoms. The lowest BCUT2D eigenvalue weighted by molar-refractivity contribution is -0.274. The van der Waals surface area contributed by atoms with Gasteiger partial charge in [0.1, 0.15) is 5.75 Å². The summed E-state index contributed by atoms with van der Waals surface area (Å²) in [7, 11) is 1.79. The van der Waals surface area contributed by atoms with E-state index in [0.717, 1.165) is 12.0 Å². The molecule has 1 atom stereocenters. The van der Waals surface area contributed by atoms with Gasteiger partial charge in [-0.25, -0.2) is 0 Å². The second-order valence-corrected chi connectivity index (χ2v) is 5.28. The lowest BCUT2D eigenvalue weighted by Gasteiger charge is -2.17. The summed E-state index contributed by atoms with van der Waals surface area (Å²) in [5, 5.41) is 5.09. The molecule has 0 saturated carbocycles. The van der Waals surface area contributed by atoms with E-state index >= 15 is 0 Å². The third-order valence-corrected chi connectivity index (χ3v) is 3.73. The summed E-state index contributed by atoms with van der Waals surface area (Å²) in [4.78, 5) is 1.17. The van der Waals surface area contributed by atoms with Crippen LogP contribution in [-0.2, 0) is 6.42 Å². The van der Waals surface area contributed by atoms with Crippen molar-refractivity contribution in [3.8, 4) is 5.75 Å². The van der Waals surface area contributed by atoms with Gasteiger partial charge in [0.25, 0.3) is 0 Å². The largest absolute Gasteiger partial charge is 0.573 e. The van der Waals surface area contributed by atoms with Gasteiger partial charge < -0.3 is 10.1 Å². The zero-order chi connectivity index (χ0) is 14.6. The van der Waals surface area contributed by atoms with E-state index < -0.39 is 6.36 Å². The first-order valence-corrected chi connectivity index (χ1v) is 6.91. The van der Waals surface area contributed by atoms with Crippen molar-refractivity contribution in [2.24, 2.45) is 0 Å². The molecule has 0 spiro atoms. The van der Waals surface area contributed by atoms with Crippen molar-refractivity contribution in [1.82, 2.24) is 5.32 Å². The molecule has 0 saturated heterocycles. The number of hydrogen-bond donors (Lipinski definition) is 1. The van der Waals surface area contributed by atoms with E-state index in [9.17, 15) is 13.2 Å². The number of thiophene rings is 1. The average molecular weight is 301 g/mol. The minimum absolute atomic E-state index is 0.0505. The molecule has 1 N–H and O–H groups in total. The fourth-order valence-electron chi connectivity index (χ4n) is 1.94. The first kappa shape index (κ1) is 14.9. The number of benzene rings is 1. The number of nitrogens with one attached hydrogen (secondary N) is 1. The van der Waals surface area contributed by atoms with Gasteiger partial charge in [-0.1, -0.05) is 18.2 Å². The highest BCUT2D eigenvalue weighted by Crippen LogP contribution is 2.27. The maximum atomic E-state index is 12.2.